The minimum Gasteiger partial charge on any atom is -0.478 e. The molecule has 0 atom stereocenters. The second-order valence-corrected chi connectivity index (χ2v) is 5.23. The number of aromatic nitrogens is 2. The van der Waals surface area contributed by atoms with Gasteiger partial charge in [0, 0.05) is 19.5 Å². The Morgan fingerprint density at radius 3 is 2.65 bits per heavy atom. The molecule has 0 aliphatic rings. The largest absolute Gasteiger partial charge is 0.478 e. The van der Waals surface area contributed by atoms with Crippen LogP contribution in [-0.4, -0.2) is 53.7 Å². The minimum atomic E-state index is -0.985. The number of carboxylic acids is 1. The smallest absolute Gasteiger partial charge is 0.340 e. The molecule has 0 radical (unpaired) electrons. The van der Waals surface area contributed by atoms with Crippen LogP contribution in [0.25, 0.3) is 0 Å². The first-order chi connectivity index (χ1) is 9.56. The van der Waals surface area contributed by atoms with Crippen molar-refractivity contribution in [2.75, 3.05) is 32.7 Å². The van der Waals surface area contributed by atoms with E-state index in [0.29, 0.717) is 36.4 Å². The Kier molecular flexibility index (Phi) is 7.50. The van der Waals surface area contributed by atoms with E-state index in [4.69, 9.17) is 9.47 Å². The van der Waals surface area contributed by atoms with Crippen molar-refractivity contribution in [3.63, 3.8) is 0 Å². The molecule has 7 heteroatoms. The van der Waals surface area contributed by atoms with Gasteiger partial charge >= 0.3 is 5.97 Å². The standard InChI is InChI=1S/C13H20N2O4S/c1-9-11(13(16)17)12(15-10(2)14-9)20-8-4-5-19-7-6-18-3/h4-8H2,1-3H3,(H,16,17). The molecule has 6 nitrogen and oxygen atoms in total. The van der Waals surface area contributed by atoms with Crippen molar-refractivity contribution in [2.45, 2.75) is 25.3 Å². The minimum absolute atomic E-state index is 0.195. The first-order valence-corrected chi connectivity index (χ1v) is 7.32. The lowest BCUT2D eigenvalue weighted by molar-refractivity contribution is 0.0690. The summed E-state index contributed by atoms with van der Waals surface area (Å²) in [7, 11) is 1.63. The van der Waals surface area contributed by atoms with Crippen LogP contribution in [0.5, 0.6) is 0 Å². The SMILES string of the molecule is COCCOCCCSc1nc(C)nc(C)c1C(=O)O. The number of hydrogen-bond donors (Lipinski definition) is 1. The van der Waals surface area contributed by atoms with E-state index in [2.05, 4.69) is 9.97 Å². The molecule has 1 heterocycles. The number of ether oxygens (including phenoxy) is 2. The normalized spacial score (nSPS) is 10.8. The molecule has 20 heavy (non-hydrogen) atoms. The third-order valence-corrected chi connectivity index (χ3v) is 3.55. The molecule has 0 spiro atoms. The number of rotatable bonds is 9. The van der Waals surface area contributed by atoms with Crippen molar-refractivity contribution >= 4 is 17.7 Å². The summed E-state index contributed by atoms with van der Waals surface area (Å²) in [6.07, 6.45) is 0.829. The van der Waals surface area contributed by atoms with Crippen LogP contribution in [0.2, 0.25) is 0 Å². The maximum atomic E-state index is 11.2. The fourth-order valence-electron chi connectivity index (χ4n) is 1.61. The average molecular weight is 300 g/mol. The number of carbonyl (C=O) groups is 1. The Labute approximate surface area is 122 Å². The highest BCUT2D eigenvalue weighted by molar-refractivity contribution is 7.99. The average Bonchev–Trinajstić information content (AvgIpc) is 2.36. The maximum Gasteiger partial charge on any atom is 0.340 e. The summed E-state index contributed by atoms with van der Waals surface area (Å²) in [5.41, 5.74) is 0.699. The first-order valence-electron chi connectivity index (χ1n) is 6.34. The molecule has 1 rings (SSSR count). The topological polar surface area (TPSA) is 81.5 Å². The quantitative estimate of drug-likeness (QED) is 0.424. The zero-order valence-electron chi connectivity index (χ0n) is 12.0. The summed E-state index contributed by atoms with van der Waals surface area (Å²) in [5, 5.41) is 9.73. The van der Waals surface area contributed by atoms with Crippen LogP contribution in [0.15, 0.2) is 5.03 Å². The van der Waals surface area contributed by atoms with Gasteiger partial charge in [0.05, 0.1) is 18.9 Å². The molecule has 1 aromatic heterocycles. The Morgan fingerprint density at radius 2 is 2.00 bits per heavy atom. The fraction of sp³-hybridized carbons (Fsp3) is 0.615. The molecule has 0 saturated carbocycles. The van der Waals surface area contributed by atoms with Crippen molar-refractivity contribution in [1.82, 2.24) is 9.97 Å². The lowest BCUT2D eigenvalue weighted by Gasteiger charge is -2.08. The monoisotopic (exact) mass is 300 g/mol. The zero-order chi connectivity index (χ0) is 15.0. The first kappa shape index (κ1) is 16.9. The maximum absolute atomic E-state index is 11.2. The van der Waals surface area contributed by atoms with Gasteiger partial charge in [-0.05, 0) is 20.3 Å². The van der Waals surface area contributed by atoms with E-state index in [-0.39, 0.29) is 5.56 Å². The summed E-state index contributed by atoms with van der Waals surface area (Å²) in [6, 6.07) is 0. The van der Waals surface area contributed by atoms with Crippen molar-refractivity contribution in [3.8, 4) is 0 Å². The van der Waals surface area contributed by atoms with Crippen molar-refractivity contribution in [2.24, 2.45) is 0 Å². The second-order valence-electron chi connectivity index (χ2n) is 4.15. The van der Waals surface area contributed by atoms with Gasteiger partial charge < -0.3 is 14.6 Å². The van der Waals surface area contributed by atoms with Gasteiger partial charge in [-0.15, -0.1) is 11.8 Å². The van der Waals surface area contributed by atoms with E-state index in [1.54, 1.807) is 21.0 Å². The Hall–Kier alpha value is -1.18. The van der Waals surface area contributed by atoms with Crippen LogP contribution in [0, 0.1) is 13.8 Å². The number of hydrogen-bond acceptors (Lipinski definition) is 6. The van der Waals surface area contributed by atoms with Crippen LogP contribution in [0.1, 0.15) is 28.3 Å². The van der Waals surface area contributed by atoms with E-state index in [0.717, 1.165) is 12.2 Å². The molecule has 112 valence electrons. The van der Waals surface area contributed by atoms with Crippen molar-refractivity contribution < 1.29 is 19.4 Å². The molecule has 0 aliphatic carbocycles. The van der Waals surface area contributed by atoms with E-state index in [1.807, 2.05) is 0 Å². The Bertz CT molecular complexity index is 454. The van der Waals surface area contributed by atoms with Crippen molar-refractivity contribution in [3.05, 3.63) is 17.1 Å². The summed E-state index contributed by atoms with van der Waals surface area (Å²) < 4.78 is 10.2. The van der Waals surface area contributed by atoms with Gasteiger partial charge in [0.2, 0.25) is 0 Å². The molecule has 0 unspecified atom stereocenters. The van der Waals surface area contributed by atoms with Gasteiger partial charge in [0.1, 0.15) is 16.4 Å². The molecular formula is C13H20N2O4S. The predicted molar refractivity (Wildman–Crippen MR) is 76.5 cm³/mol. The second kappa shape index (κ2) is 8.89. The molecular weight excluding hydrogens is 280 g/mol. The third-order valence-electron chi connectivity index (χ3n) is 2.49. The number of methoxy groups -OCH3 is 1. The molecule has 0 saturated heterocycles. The van der Waals surface area contributed by atoms with E-state index in [9.17, 15) is 9.90 Å². The van der Waals surface area contributed by atoms with Gasteiger partial charge in [-0.2, -0.15) is 0 Å². The Morgan fingerprint density at radius 1 is 1.25 bits per heavy atom. The molecule has 0 fully saturated rings. The van der Waals surface area contributed by atoms with Crippen molar-refractivity contribution in [1.29, 1.82) is 0 Å². The molecule has 1 N–H and O–H groups in total. The summed E-state index contributed by atoms with van der Waals surface area (Å²) >= 11 is 1.42. The number of aryl methyl sites for hydroxylation is 2. The number of nitrogens with zero attached hydrogens (tertiary/aromatic N) is 2. The molecule has 0 amide bonds. The van der Waals surface area contributed by atoms with E-state index in [1.165, 1.54) is 11.8 Å². The highest BCUT2D eigenvalue weighted by Gasteiger charge is 2.17. The van der Waals surface area contributed by atoms with Crippen LogP contribution in [-0.2, 0) is 9.47 Å². The van der Waals surface area contributed by atoms with Gasteiger partial charge in [0.15, 0.2) is 0 Å². The number of thioether (sulfide) groups is 1. The lowest BCUT2D eigenvalue weighted by Crippen LogP contribution is -2.08. The zero-order valence-corrected chi connectivity index (χ0v) is 12.8. The van der Waals surface area contributed by atoms with Crippen LogP contribution < -0.4 is 0 Å². The number of carboxylic acid groups (broad SMARTS) is 1. The third kappa shape index (κ3) is 5.44. The summed E-state index contributed by atoms with van der Waals surface area (Å²) in [4.78, 5) is 19.5. The lowest BCUT2D eigenvalue weighted by atomic mass is 10.2. The highest BCUT2D eigenvalue weighted by Crippen LogP contribution is 2.23. The van der Waals surface area contributed by atoms with Gasteiger partial charge in [-0.1, -0.05) is 0 Å². The van der Waals surface area contributed by atoms with E-state index >= 15 is 0 Å². The van der Waals surface area contributed by atoms with E-state index < -0.39 is 5.97 Å². The molecule has 0 aromatic carbocycles. The predicted octanol–water partition coefficient (Wildman–Crippen LogP) is 1.94. The Balaban J connectivity index is 2.49. The fourth-order valence-corrected chi connectivity index (χ4v) is 2.64. The number of aromatic carboxylic acids is 1. The van der Waals surface area contributed by atoms with Gasteiger partial charge in [0.25, 0.3) is 0 Å². The molecule has 1 aromatic rings. The highest BCUT2D eigenvalue weighted by atomic mass is 32.2. The van der Waals surface area contributed by atoms with Gasteiger partial charge in [-0.3, -0.25) is 0 Å². The van der Waals surface area contributed by atoms with Crippen LogP contribution >= 0.6 is 11.8 Å². The summed E-state index contributed by atoms with van der Waals surface area (Å²) in [6.45, 7) is 5.24. The summed E-state index contributed by atoms with van der Waals surface area (Å²) in [5.74, 6) is 0.357. The molecule has 0 bridgehead atoms. The molecule has 0 aliphatic heterocycles. The van der Waals surface area contributed by atoms with Crippen LogP contribution in [0.3, 0.4) is 0 Å². The van der Waals surface area contributed by atoms with Gasteiger partial charge in [-0.25, -0.2) is 14.8 Å². The van der Waals surface area contributed by atoms with Crippen LogP contribution in [0.4, 0.5) is 0 Å².